The molecule has 1 aliphatic rings. The summed E-state index contributed by atoms with van der Waals surface area (Å²) in [5.74, 6) is 0. The number of aromatic nitrogens is 1. The van der Waals surface area contributed by atoms with Crippen LogP contribution in [0.3, 0.4) is 0 Å². The first-order chi connectivity index (χ1) is 25.1. The SMILES string of the molecule is Cc1ccc(Nc2cc(N(c3ccccc3)c3ccccc3)ccc2-c2cc(C)c3c4ccccc4n4c3c2[B]c2oc3ccccc3c2-4)cc1. The second kappa shape index (κ2) is 11.6. The molecule has 9 aromatic rings. The van der Waals surface area contributed by atoms with E-state index < -0.39 is 0 Å². The van der Waals surface area contributed by atoms with E-state index in [-0.39, 0.29) is 0 Å². The van der Waals surface area contributed by atoms with E-state index in [9.17, 15) is 0 Å². The molecular formula is C46H33BN3O. The summed E-state index contributed by atoms with van der Waals surface area (Å²) < 4.78 is 9.04. The average Bonchev–Trinajstić information content (AvgIpc) is 3.72. The maximum absolute atomic E-state index is 6.60. The van der Waals surface area contributed by atoms with Crippen LogP contribution in [-0.4, -0.2) is 11.8 Å². The Labute approximate surface area is 297 Å². The number of rotatable bonds is 6. The van der Waals surface area contributed by atoms with Gasteiger partial charge in [0, 0.05) is 55.7 Å². The van der Waals surface area contributed by atoms with Crippen molar-refractivity contribution in [1.82, 2.24) is 4.57 Å². The number of anilines is 5. The molecule has 4 nitrogen and oxygen atoms in total. The number of hydrogen-bond acceptors (Lipinski definition) is 3. The number of hydrogen-bond donors (Lipinski definition) is 1. The second-order valence-corrected chi connectivity index (χ2v) is 13.4. The van der Waals surface area contributed by atoms with Crippen molar-refractivity contribution < 1.29 is 4.42 Å². The Balaban J connectivity index is 1.24. The summed E-state index contributed by atoms with van der Waals surface area (Å²) in [5, 5.41) is 7.49. The molecule has 0 amide bonds. The number of furan rings is 1. The molecule has 5 heteroatoms. The molecule has 0 atom stereocenters. The molecule has 0 fully saturated rings. The van der Waals surface area contributed by atoms with Gasteiger partial charge in [-0.15, -0.1) is 0 Å². The van der Waals surface area contributed by atoms with Crippen molar-refractivity contribution in [3.05, 3.63) is 169 Å². The Morgan fingerprint density at radius 3 is 2.02 bits per heavy atom. The van der Waals surface area contributed by atoms with Crippen LogP contribution < -0.4 is 21.3 Å². The molecule has 1 N–H and O–H groups in total. The first-order valence-corrected chi connectivity index (χ1v) is 17.4. The molecule has 0 aliphatic carbocycles. The lowest BCUT2D eigenvalue weighted by molar-refractivity contribution is 0.650. The Morgan fingerprint density at radius 2 is 1.27 bits per heavy atom. The van der Waals surface area contributed by atoms with Crippen molar-refractivity contribution in [3.63, 3.8) is 0 Å². The molecule has 1 aliphatic heterocycles. The van der Waals surface area contributed by atoms with Crippen LogP contribution in [0.25, 0.3) is 49.6 Å². The molecule has 0 saturated heterocycles. The van der Waals surface area contributed by atoms with Gasteiger partial charge in [0.25, 0.3) is 0 Å². The summed E-state index contributed by atoms with van der Waals surface area (Å²) in [7, 11) is 2.26. The number of aryl methyl sites for hydroxylation is 2. The Morgan fingerprint density at radius 1 is 0.608 bits per heavy atom. The zero-order chi connectivity index (χ0) is 34.1. The predicted octanol–water partition coefficient (Wildman–Crippen LogP) is 11.0. The molecule has 241 valence electrons. The van der Waals surface area contributed by atoms with Crippen LogP contribution in [0, 0.1) is 13.8 Å². The van der Waals surface area contributed by atoms with Gasteiger partial charge < -0.3 is 19.2 Å². The summed E-state index contributed by atoms with van der Waals surface area (Å²) in [6, 6.07) is 56.0. The zero-order valence-electron chi connectivity index (χ0n) is 28.4. The van der Waals surface area contributed by atoms with Crippen LogP contribution >= 0.6 is 0 Å². The molecular weight excluding hydrogens is 621 g/mol. The lowest BCUT2D eigenvalue weighted by Crippen LogP contribution is -2.36. The van der Waals surface area contributed by atoms with Crippen molar-refractivity contribution in [1.29, 1.82) is 0 Å². The van der Waals surface area contributed by atoms with E-state index >= 15 is 0 Å². The normalized spacial score (nSPS) is 11.9. The monoisotopic (exact) mass is 654 g/mol. The van der Waals surface area contributed by atoms with Crippen LogP contribution in [0.15, 0.2) is 162 Å². The number of nitrogens with zero attached hydrogens (tertiary/aromatic N) is 2. The van der Waals surface area contributed by atoms with Crippen molar-refractivity contribution in [2.24, 2.45) is 0 Å². The summed E-state index contributed by atoms with van der Waals surface area (Å²) in [4.78, 5) is 2.31. The van der Waals surface area contributed by atoms with Crippen molar-refractivity contribution in [2.75, 3.05) is 10.2 Å². The first kappa shape index (κ1) is 29.5. The number of benzene rings is 7. The van der Waals surface area contributed by atoms with Crippen molar-refractivity contribution in [3.8, 4) is 16.8 Å². The van der Waals surface area contributed by atoms with Crippen LogP contribution in [0.2, 0.25) is 0 Å². The summed E-state index contributed by atoms with van der Waals surface area (Å²) >= 11 is 0. The summed E-state index contributed by atoms with van der Waals surface area (Å²) in [6.07, 6.45) is 0. The fraction of sp³-hybridized carbons (Fsp3) is 0.0435. The topological polar surface area (TPSA) is 33.3 Å². The molecule has 51 heavy (non-hydrogen) atoms. The highest BCUT2D eigenvalue weighted by molar-refractivity contribution is 6.73. The van der Waals surface area contributed by atoms with Crippen molar-refractivity contribution in [2.45, 2.75) is 13.8 Å². The van der Waals surface area contributed by atoms with E-state index in [1.807, 2.05) is 6.07 Å². The fourth-order valence-electron chi connectivity index (χ4n) is 7.90. The standard InChI is InChI=1S/C46H33BN3O/c1-29-21-23-31(24-22-29)48-39-28-34(49(32-13-5-3-6-14-32)33-15-7-4-8-16-33)25-26-35(39)38-27-30(2)42-36-17-9-11-19-40(36)50-44-37-18-10-12-20-41(37)51-46(44)47-43(38)45(42)50/h3-28,48H,1-2H3. The van der Waals surface area contributed by atoms with Crippen LogP contribution in [0.1, 0.15) is 11.1 Å². The minimum Gasteiger partial charge on any atom is -0.469 e. The molecule has 0 saturated carbocycles. The molecule has 2 aromatic heterocycles. The predicted molar refractivity (Wildman–Crippen MR) is 215 cm³/mol. The van der Waals surface area contributed by atoms with Gasteiger partial charge >= 0.3 is 0 Å². The van der Waals surface area contributed by atoms with Gasteiger partial charge in [-0.2, -0.15) is 0 Å². The largest absolute Gasteiger partial charge is 0.469 e. The van der Waals surface area contributed by atoms with E-state index in [1.54, 1.807) is 0 Å². The lowest BCUT2D eigenvalue weighted by Gasteiger charge is -2.27. The van der Waals surface area contributed by atoms with Gasteiger partial charge in [0.1, 0.15) is 5.58 Å². The third-order valence-corrected chi connectivity index (χ3v) is 10.2. The smallest absolute Gasteiger partial charge is 0.247 e. The Bertz CT molecular complexity index is 2720. The number of para-hydroxylation sites is 4. The third-order valence-electron chi connectivity index (χ3n) is 10.2. The molecule has 3 heterocycles. The van der Waals surface area contributed by atoms with Gasteiger partial charge in [-0.1, -0.05) is 96.6 Å². The molecule has 10 rings (SSSR count). The highest BCUT2D eigenvalue weighted by Crippen LogP contribution is 2.43. The third kappa shape index (κ3) is 4.69. The van der Waals surface area contributed by atoms with Gasteiger partial charge in [-0.05, 0) is 97.2 Å². The quantitative estimate of drug-likeness (QED) is 0.181. The minimum absolute atomic E-state index is 0.875. The van der Waals surface area contributed by atoms with E-state index in [0.29, 0.717) is 0 Å². The van der Waals surface area contributed by atoms with Crippen LogP contribution in [0.5, 0.6) is 0 Å². The highest BCUT2D eigenvalue weighted by Gasteiger charge is 2.31. The molecule has 0 bridgehead atoms. The molecule has 1 radical (unpaired) electrons. The van der Waals surface area contributed by atoms with Gasteiger partial charge in [0.05, 0.1) is 16.9 Å². The number of fused-ring (bicyclic) bond motifs is 7. The molecule has 0 unspecified atom stereocenters. The summed E-state index contributed by atoms with van der Waals surface area (Å²) in [5.41, 5.74) is 16.5. The fourth-order valence-corrected chi connectivity index (χ4v) is 7.90. The zero-order valence-corrected chi connectivity index (χ0v) is 28.4. The van der Waals surface area contributed by atoms with E-state index in [4.69, 9.17) is 4.42 Å². The van der Waals surface area contributed by atoms with Gasteiger partial charge in [0.15, 0.2) is 0 Å². The number of nitrogens with one attached hydrogen (secondary N) is 1. The van der Waals surface area contributed by atoms with Crippen LogP contribution in [-0.2, 0) is 0 Å². The van der Waals surface area contributed by atoms with Gasteiger partial charge in [-0.3, -0.25) is 0 Å². The lowest BCUT2D eigenvalue weighted by atomic mass is 9.62. The first-order valence-electron chi connectivity index (χ1n) is 17.4. The van der Waals surface area contributed by atoms with E-state index in [2.05, 4.69) is 188 Å². The molecule has 0 spiro atoms. The Hall–Kier alpha value is -6.46. The minimum atomic E-state index is 0.875. The van der Waals surface area contributed by atoms with Gasteiger partial charge in [-0.25, -0.2) is 0 Å². The summed E-state index contributed by atoms with van der Waals surface area (Å²) in [6.45, 7) is 4.37. The van der Waals surface area contributed by atoms with Gasteiger partial charge in [0.2, 0.25) is 7.28 Å². The van der Waals surface area contributed by atoms with Crippen LogP contribution in [0.4, 0.5) is 28.4 Å². The van der Waals surface area contributed by atoms with E-state index in [1.165, 1.54) is 32.9 Å². The highest BCUT2D eigenvalue weighted by atomic mass is 16.3. The maximum Gasteiger partial charge on any atom is 0.247 e. The maximum atomic E-state index is 6.60. The second-order valence-electron chi connectivity index (χ2n) is 13.4. The Kier molecular flexibility index (Phi) is 6.68. The van der Waals surface area contributed by atoms with Crippen molar-refractivity contribution >= 4 is 79.6 Å². The molecule has 7 aromatic carbocycles. The average molecular weight is 655 g/mol. The van der Waals surface area contributed by atoms with E-state index in [0.717, 1.165) is 67.3 Å².